The second-order valence-corrected chi connectivity index (χ2v) is 3.98. The first-order valence-electron chi connectivity index (χ1n) is 5.07. The Morgan fingerprint density at radius 2 is 2.29 bits per heavy atom. The summed E-state index contributed by atoms with van der Waals surface area (Å²) >= 11 is 0. The largest absolute Gasteiger partial charge is 0.480 e. The zero-order chi connectivity index (χ0) is 13.1. The van der Waals surface area contributed by atoms with E-state index in [1.807, 2.05) is 0 Å². The van der Waals surface area contributed by atoms with Crippen LogP contribution < -0.4 is 0 Å². The number of carboxylic acids is 1. The van der Waals surface area contributed by atoms with E-state index in [1.54, 1.807) is 19.1 Å². The normalized spacial score (nSPS) is 25.1. The van der Waals surface area contributed by atoms with E-state index in [4.69, 9.17) is 9.84 Å². The molecule has 1 heterocycles. The smallest absolute Gasteiger partial charge is 0.370 e. The molecule has 0 aliphatic carbocycles. The van der Waals surface area contributed by atoms with Crippen molar-refractivity contribution in [3.8, 4) is 0 Å². The standard InChI is InChI=1S/C9H16F2N2O4/c1-12(2)13-3-7(4-16-5-8(14)15)17-9(10,11)6-13/h7H,3-6H2,1-2H3,(H,14,15). The first-order valence-corrected chi connectivity index (χ1v) is 5.07. The number of alkyl halides is 2. The lowest BCUT2D eigenvalue weighted by Crippen LogP contribution is -2.56. The maximum Gasteiger partial charge on any atom is 0.370 e. The maximum absolute atomic E-state index is 13.2. The Kier molecular flexibility index (Phi) is 4.75. The number of hydrogen-bond donors (Lipinski definition) is 1. The van der Waals surface area contributed by atoms with Crippen LogP contribution in [-0.2, 0) is 14.3 Å². The Hall–Kier alpha value is -0.830. The summed E-state index contributed by atoms with van der Waals surface area (Å²) in [6, 6.07) is 0. The Morgan fingerprint density at radius 3 is 2.82 bits per heavy atom. The topological polar surface area (TPSA) is 62.2 Å². The van der Waals surface area contributed by atoms with Gasteiger partial charge in [0.25, 0.3) is 0 Å². The number of aliphatic carboxylic acids is 1. The van der Waals surface area contributed by atoms with Crippen molar-refractivity contribution < 1.29 is 28.2 Å². The highest BCUT2D eigenvalue weighted by molar-refractivity contribution is 5.67. The first-order chi connectivity index (χ1) is 7.80. The molecule has 1 atom stereocenters. The van der Waals surface area contributed by atoms with E-state index in [9.17, 15) is 13.6 Å². The molecule has 8 heteroatoms. The molecule has 0 bridgehead atoms. The summed E-state index contributed by atoms with van der Waals surface area (Å²) in [6.07, 6.45) is -4.10. The van der Waals surface area contributed by atoms with Gasteiger partial charge in [-0.25, -0.2) is 14.8 Å². The Morgan fingerprint density at radius 1 is 1.65 bits per heavy atom. The highest BCUT2D eigenvalue weighted by Crippen LogP contribution is 2.25. The summed E-state index contributed by atoms with van der Waals surface area (Å²) in [7, 11) is 3.30. The van der Waals surface area contributed by atoms with Crippen LogP contribution in [0.15, 0.2) is 0 Å². The molecule has 100 valence electrons. The summed E-state index contributed by atoms with van der Waals surface area (Å²) < 4.78 is 35.6. The third-order valence-electron chi connectivity index (χ3n) is 2.22. The Bertz CT molecular complexity index is 276. The SMILES string of the molecule is CN(C)N1CC(COCC(=O)O)OC(F)(F)C1. The van der Waals surface area contributed by atoms with Crippen molar-refractivity contribution in [1.29, 1.82) is 0 Å². The molecule has 1 rings (SSSR count). The van der Waals surface area contributed by atoms with E-state index in [2.05, 4.69) is 4.74 Å². The van der Waals surface area contributed by atoms with Crippen LogP contribution in [0.3, 0.4) is 0 Å². The minimum absolute atomic E-state index is 0.174. The summed E-state index contributed by atoms with van der Waals surface area (Å²) in [6.45, 7) is -0.975. The van der Waals surface area contributed by atoms with Crippen molar-refractivity contribution in [2.45, 2.75) is 12.2 Å². The molecule has 1 N–H and O–H groups in total. The van der Waals surface area contributed by atoms with Gasteiger partial charge in [-0.3, -0.25) is 0 Å². The predicted molar refractivity (Wildman–Crippen MR) is 53.5 cm³/mol. The van der Waals surface area contributed by atoms with Gasteiger partial charge in [-0.2, -0.15) is 8.78 Å². The van der Waals surface area contributed by atoms with Gasteiger partial charge in [0.2, 0.25) is 0 Å². The molecule has 0 spiro atoms. The van der Waals surface area contributed by atoms with E-state index in [-0.39, 0.29) is 13.2 Å². The van der Waals surface area contributed by atoms with Gasteiger partial charge in [0.15, 0.2) is 0 Å². The van der Waals surface area contributed by atoms with E-state index in [0.29, 0.717) is 0 Å². The number of ether oxygens (including phenoxy) is 2. The number of morpholine rings is 1. The monoisotopic (exact) mass is 254 g/mol. The zero-order valence-electron chi connectivity index (χ0n) is 9.73. The van der Waals surface area contributed by atoms with Gasteiger partial charge < -0.3 is 14.6 Å². The van der Waals surface area contributed by atoms with E-state index >= 15 is 0 Å². The average Bonchev–Trinajstić information content (AvgIpc) is 2.14. The number of halogens is 2. The van der Waals surface area contributed by atoms with Gasteiger partial charge in [0, 0.05) is 20.6 Å². The van der Waals surface area contributed by atoms with Crippen molar-refractivity contribution in [3.05, 3.63) is 0 Å². The third kappa shape index (κ3) is 4.90. The lowest BCUT2D eigenvalue weighted by atomic mass is 10.3. The van der Waals surface area contributed by atoms with Gasteiger partial charge in [-0.1, -0.05) is 0 Å². The van der Waals surface area contributed by atoms with Crippen LogP contribution in [0.25, 0.3) is 0 Å². The fourth-order valence-corrected chi connectivity index (χ4v) is 1.50. The lowest BCUT2D eigenvalue weighted by Gasteiger charge is -2.40. The molecule has 0 saturated carbocycles. The third-order valence-corrected chi connectivity index (χ3v) is 2.22. The Labute approximate surface area is 97.7 Å². The second kappa shape index (κ2) is 5.67. The predicted octanol–water partition coefficient (Wildman–Crippen LogP) is -0.142. The fourth-order valence-electron chi connectivity index (χ4n) is 1.50. The molecule has 17 heavy (non-hydrogen) atoms. The van der Waals surface area contributed by atoms with Gasteiger partial charge in [-0.15, -0.1) is 0 Å². The fraction of sp³-hybridized carbons (Fsp3) is 0.889. The van der Waals surface area contributed by atoms with E-state index < -0.39 is 31.3 Å². The molecule has 0 amide bonds. The highest BCUT2D eigenvalue weighted by Gasteiger charge is 2.42. The van der Waals surface area contributed by atoms with E-state index in [0.717, 1.165) is 0 Å². The van der Waals surface area contributed by atoms with Crippen molar-refractivity contribution in [1.82, 2.24) is 10.0 Å². The molecule has 0 aromatic carbocycles. The lowest BCUT2D eigenvalue weighted by molar-refractivity contribution is -0.320. The number of hydrazine groups is 1. The van der Waals surface area contributed by atoms with Crippen molar-refractivity contribution in [3.63, 3.8) is 0 Å². The Balaban J connectivity index is 2.46. The van der Waals surface area contributed by atoms with Crippen LogP contribution in [0.1, 0.15) is 0 Å². The van der Waals surface area contributed by atoms with Crippen molar-refractivity contribution in [2.75, 3.05) is 40.4 Å². The van der Waals surface area contributed by atoms with Crippen LogP contribution in [0.2, 0.25) is 0 Å². The molecule has 0 radical (unpaired) electrons. The molecule has 1 unspecified atom stereocenters. The summed E-state index contributed by atoms with van der Waals surface area (Å²) in [5, 5.41) is 11.3. The summed E-state index contributed by atoms with van der Waals surface area (Å²) in [4.78, 5) is 10.2. The number of hydrogen-bond acceptors (Lipinski definition) is 5. The van der Waals surface area contributed by atoms with Crippen LogP contribution >= 0.6 is 0 Å². The quantitative estimate of drug-likeness (QED) is 0.736. The average molecular weight is 254 g/mol. The molecule has 1 aliphatic rings. The van der Waals surface area contributed by atoms with Crippen LogP contribution in [-0.4, -0.2) is 73.7 Å². The van der Waals surface area contributed by atoms with Gasteiger partial charge in [-0.05, 0) is 0 Å². The van der Waals surface area contributed by atoms with Crippen LogP contribution in [0.4, 0.5) is 8.78 Å². The number of carboxylic acid groups (broad SMARTS) is 1. The van der Waals surface area contributed by atoms with Crippen LogP contribution in [0, 0.1) is 0 Å². The molecular formula is C9H16F2N2O4. The second-order valence-electron chi connectivity index (χ2n) is 3.98. The molecule has 6 nitrogen and oxygen atoms in total. The molecule has 1 saturated heterocycles. The van der Waals surface area contributed by atoms with Crippen LogP contribution in [0.5, 0.6) is 0 Å². The van der Waals surface area contributed by atoms with E-state index in [1.165, 1.54) is 5.01 Å². The summed E-state index contributed by atoms with van der Waals surface area (Å²) in [5.74, 6) is -1.14. The molecule has 1 fully saturated rings. The first kappa shape index (κ1) is 14.2. The molecular weight excluding hydrogens is 238 g/mol. The zero-order valence-corrected chi connectivity index (χ0v) is 9.73. The molecule has 1 aliphatic heterocycles. The highest BCUT2D eigenvalue weighted by atomic mass is 19.3. The number of rotatable bonds is 5. The van der Waals surface area contributed by atoms with Crippen molar-refractivity contribution >= 4 is 5.97 Å². The molecule has 0 aromatic rings. The number of nitrogens with zero attached hydrogens (tertiary/aromatic N) is 2. The van der Waals surface area contributed by atoms with Gasteiger partial charge in [0.1, 0.15) is 19.3 Å². The van der Waals surface area contributed by atoms with Gasteiger partial charge >= 0.3 is 12.1 Å². The molecule has 0 aromatic heterocycles. The summed E-state index contributed by atoms with van der Waals surface area (Å²) in [5.41, 5.74) is 0. The van der Waals surface area contributed by atoms with Gasteiger partial charge in [0.05, 0.1) is 6.61 Å². The number of carbonyl (C=O) groups is 1. The minimum atomic E-state index is -3.25. The van der Waals surface area contributed by atoms with Crippen molar-refractivity contribution in [2.24, 2.45) is 0 Å². The minimum Gasteiger partial charge on any atom is -0.480 e. The maximum atomic E-state index is 13.2.